The monoisotopic (exact) mass is 318 g/mol. The number of rotatable bonds is 12. The molecule has 124 valence electrons. The molecule has 0 saturated carbocycles. The Labute approximate surface area is 133 Å². The van der Waals surface area contributed by atoms with Gasteiger partial charge in [0.05, 0.1) is 13.2 Å². The topological polar surface area (TPSA) is 52.6 Å². The quantitative estimate of drug-likeness (QED) is 0.402. The Balaban J connectivity index is 3.87. The van der Waals surface area contributed by atoms with Crippen molar-refractivity contribution in [3.63, 3.8) is 0 Å². The molecule has 0 rings (SSSR count). The minimum absolute atomic E-state index is 0.248. The van der Waals surface area contributed by atoms with Gasteiger partial charge in [0.25, 0.3) is 0 Å². The summed E-state index contributed by atoms with van der Waals surface area (Å²) in [5.41, 5.74) is 0. The molecule has 0 aliphatic carbocycles. The maximum Gasteiger partial charge on any atom is 0.318 e. The second-order valence-corrected chi connectivity index (χ2v) is 6.86. The maximum absolute atomic E-state index is 11.8. The molecule has 0 spiro atoms. The smallest absolute Gasteiger partial charge is 0.318 e. The minimum atomic E-state index is -0.343. The lowest BCUT2D eigenvalue weighted by Crippen LogP contribution is -2.25. The van der Waals surface area contributed by atoms with Gasteiger partial charge in [-0.15, -0.1) is 11.8 Å². The number of hydrogen-bond acceptors (Lipinski definition) is 5. The SMILES string of the molecule is CCCCCOC(=O)C(C)SC(C)C(=O)OCCCCC. The van der Waals surface area contributed by atoms with Crippen LogP contribution in [0, 0.1) is 0 Å². The van der Waals surface area contributed by atoms with Crippen molar-refractivity contribution >= 4 is 23.7 Å². The number of thioether (sulfide) groups is 1. The molecule has 0 aromatic rings. The lowest BCUT2D eigenvalue weighted by Gasteiger charge is -2.15. The molecular weight excluding hydrogens is 288 g/mol. The highest BCUT2D eigenvalue weighted by atomic mass is 32.2. The summed E-state index contributed by atoms with van der Waals surface area (Å²) in [6, 6.07) is 0. The minimum Gasteiger partial charge on any atom is -0.465 e. The van der Waals surface area contributed by atoms with Crippen molar-refractivity contribution in [3.05, 3.63) is 0 Å². The normalized spacial score (nSPS) is 13.5. The highest BCUT2D eigenvalue weighted by Gasteiger charge is 2.23. The Hall–Kier alpha value is -0.710. The van der Waals surface area contributed by atoms with Crippen molar-refractivity contribution in [3.8, 4) is 0 Å². The Morgan fingerprint density at radius 3 is 1.52 bits per heavy atom. The first-order valence-corrected chi connectivity index (χ1v) is 8.95. The summed E-state index contributed by atoms with van der Waals surface area (Å²) in [5.74, 6) is -0.497. The summed E-state index contributed by atoms with van der Waals surface area (Å²) in [6.07, 6.45) is 6.12. The molecule has 0 fully saturated rings. The van der Waals surface area contributed by atoms with E-state index in [1.165, 1.54) is 11.8 Å². The van der Waals surface area contributed by atoms with Crippen LogP contribution in [0.15, 0.2) is 0 Å². The van der Waals surface area contributed by atoms with Gasteiger partial charge in [-0.3, -0.25) is 9.59 Å². The van der Waals surface area contributed by atoms with Gasteiger partial charge in [-0.05, 0) is 26.7 Å². The van der Waals surface area contributed by atoms with Crippen LogP contribution in [-0.2, 0) is 19.1 Å². The van der Waals surface area contributed by atoms with Crippen LogP contribution in [0.3, 0.4) is 0 Å². The third kappa shape index (κ3) is 10.6. The maximum atomic E-state index is 11.8. The molecule has 21 heavy (non-hydrogen) atoms. The van der Waals surface area contributed by atoms with Crippen LogP contribution in [0.2, 0.25) is 0 Å². The molecule has 0 N–H and O–H groups in total. The first kappa shape index (κ1) is 20.3. The Morgan fingerprint density at radius 1 is 0.810 bits per heavy atom. The Morgan fingerprint density at radius 2 is 1.19 bits per heavy atom. The van der Waals surface area contributed by atoms with Crippen molar-refractivity contribution in [1.82, 2.24) is 0 Å². The van der Waals surface area contributed by atoms with E-state index >= 15 is 0 Å². The van der Waals surface area contributed by atoms with Gasteiger partial charge in [0.1, 0.15) is 10.5 Å². The first-order valence-electron chi connectivity index (χ1n) is 8.01. The van der Waals surface area contributed by atoms with Crippen molar-refractivity contribution in [2.75, 3.05) is 13.2 Å². The predicted molar refractivity (Wildman–Crippen MR) is 87.5 cm³/mol. The molecule has 0 saturated heterocycles. The summed E-state index contributed by atoms with van der Waals surface area (Å²) >= 11 is 1.29. The molecule has 4 nitrogen and oxygen atoms in total. The van der Waals surface area contributed by atoms with Crippen LogP contribution >= 0.6 is 11.8 Å². The van der Waals surface area contributed by atoms with Gasteiger partial charge < -0.3 is 9.47 Å². The number of carbonyl (C=O) groups is 2. The largest absolute Gasteiger partial charge is 0.465 e. The van der Waals surface area contributed by atoms with E-state index in [0.29, 0.717) is 13.2 Å². The molecule has 0 aliphatic rings. The van der Waals surface area contributed by atoms with Crippen LogP contribution in [0.1, 0.15) is 66.2 Å². The zero-order valence-corrected chi connectivity index (χ0v) is 14.7. The molecule has 0 aromatic carbocycles. The van der Waals surface area contributed by atoms with E-state index in [-0.39, 0.29) is 22.4 Å². The average molecular weight is 318 g/mol. The fourth-order valence-electron chi connectivity index (χ4n) is 1.70. The van der Waals surface area contributed by atoms with Crippen LogP contribution < -0.4 is 0 Å². The van der Waals surface area contributed by atoms with E-state index in [4.69, 9.17) is 9.47 Å². The molecule has 2 atom stereocenters. The first-order chi connectivity index (χ1) is 10.0. The lowest BCUT2D eigenvalue weighted by molar-refractivity contribution is -0.142. The Bertz CT molecular complexity index is 266. The summed E-state index contributed by atoms with van der Waals surface area (Å²) in [6.45, 7) is 8.68. The molecule has 0 radical (unpaired) electrons. The number of ether oxygens (including phenoxy) is 2. The van der Waals surface area contributed by atoms with Crippen molar-refractivity contribution in [2.45, 2.75) is 76.7 Å². The summed E-state index contributed by atoms with van der Waals surface area (Å²) in [4.78, 5) is 23.5. The second kappa shape index (κ2) is 13.0. The second-order valence-electron chi connectivity index (χ2n) is 5.17. The van der Waals surface area contributed by atoms with Gasteiger partial charge >= 0.3 is 11.9 Å². The van der Waals surface area contributed by atoms with E-state index in [2.05, 4.69) is 13.8 Å². The molecule has 0 aromatic heterocycles. The highest BCUT2D eigenvalue weighted by molar-refractivity contribution is 8.01. The fraction of sp³-hybridized carbons (Fsp3) is 0.875. The molecule has 0 amide bonds. The molecule has 2 unspecified atom stereocenters. The third-order valence-corrected chi connectivity index (χ3v) is 4.26. The van der Waals surface area contributed by atoms with E-state index in [0.717, 1.165) is 38.5 Å². The predicted octanol–water partition coefficient (Wildman–Crippen LogP) is 3.96. The number of hydrogen-bond donors (Lipinski definition) is 0. The number of unbranched alkanes of at least 4 members (excludes halogenated alkanes) is 4. The van der Waals surface area contributed by atoms with Crippen LogP contribution in [-0.4, -0.2) is 35.7 Å². The standard InChI is InChI=1S/C16H30O4S/c1-5-7-9-11-19-15(17)13(3)21-14(4)16(18)20-12-10-8-6-2/h13-14H,5-12H2,1-4H3. The van der Waals surface area contributed by atoms with Gasteiger partial charge in [-0.2, -0.15) is 0 Å². The van der Waals surface area contributed by atoms with Crippen molar-refractivity contribution in [2.24, 2.45) is 0 Å². The summed E-state index contributed by atoms with van der Waals surface area (Å²) < 4.78 is 10.4. The third-order valence-electron chi connectivity index (χ3n) is 3.06. The molecule has 0 bridgehead atoms. The number of carbonyl (C=O) groups excluding carboxylic acids is 2. The average Bonchev–Trinajstić information content (AvgIpc) is 2.47. The van der Waals surface area contributed by atoms with Gasteiger partial charge in [0, 0.05) is 0 Å². The fourth-order valence-corrected chi connectivity index (χ4v) is 2.67. The zero-order chi connectivity index (χ0) is 16.1. The molecule has 0 aliphatic heterocycles. The Kier molecular flexibility index (Phi) is 12.5. The van der Waals surface area contributed by atoms with Crippen LogP contribution in [0.25, 0.3) is 0 Å². The van der Waals surface area contributed by atoms with E-state index in [1.54, 1.807) is 13.8 Å². The van der Waals surface area contributed by atoms with Gasteiger partial charge in [-0.1, -0.05) is 39.5 Å². The zero-order valence-electron chi connectivity index (χ0n) is 13.9. The number of esters is 2. The molecule has 5 heteroatoms. The van der Waals surface area contributed by atoms with Crippen LogP contribution in [0.4, 0.5) is 0 Å². The molecule has 0 heterocycles. The summed E-state index contributed by atoms with van der Waals surface area (Å²) in [7, 11) is 0. The van der Waals surface area contributed by atoms with Crippen molar-refractivity contribution < 1.29 is 19.1 Å². The molecular formula is C16H30O4S. The summed E-state index contributed by atoms with van der Waals surface area (Å²) in [5, 5.41) is -0.686. The van der Waals surface area contributed by atoms with Gasteiger partial charge in [0.15, 0.2) is 0 Å². The van der Waals surface area contributed by atoms with Gasteiger partial charge in [-0.25, -0.2) is 0 Å². The van der Waals surface area contributed by atoms with Gasteiger partial charge in [0.2, 0.25) is 0 Å². The van der Waals surface area contributed by atoms with Crippen LogP contribution in [0.5, 0.6) is 0 Å². The van der Waals surface area contributed by atoms with E-state index in [1.807, 2.05) is 0 Å². The lowest BCUT2D eigenvalue weighted by atomic mass is 10.3. The van der Waals surface area contributed by atoms with E-state index < -0.39 is 0 Å². The highest BCUT2D eigenvalue weighted by Crippen LogP contribution is 2.20. The van der Waals surface area contributed by atoms with E-state index in [9.17, 15) is 9.59 Å². The van der Waals surface area contributed by atoms with Crippen molar-refractivity contribution in [1.29, 1.82) is 0 Å².